The highest BCUT2D eigenvalue weighted by atomic mass is 35.5. The number of benzene rings is 1. The van der Waals surface area contributed by atoms with Gasteiger partial charge >= 0.3 is 0 Å². The number of nitrogens with zero attached hydrogens (tertiary/aromatic N) is 1. The first kappa shape index (κ1) is 18.1. The molecule has 138 valence electrons. The van der Waals surface area contributed by atoms with Crippen molar-refractivity contribution in [1.82, 2.24) is 10.6 Å². The van der Waals surface area contributed by atoms with Crippen molar-refractivity contribution in [2.24, 2.45) is 10.9 Å². The van der Waals surface area contributed by atoms with E-state index in [4.69, 9.17) is 25.8 Å². The summed E-state index contributed by atoms with van der Waals surface area (Å²) in [4.78, 5) is 4.23. The molecular weight excluding hydrogens is 342 g/mol. The molecule has 1 aromatic rings. The molecule has 1 fully saturated rings. The van der Waals surface area contributed by atoms with Crippen LogP contribution in [0.25, 0.3) is 0 Å². The molecule has 0 amide bonds. The number of halogens is 1. The van der Waals surface area contributed by atoms with Crippen LogP contribution in [0.5, 0.6) is 11.5 Å². The maximum Gasteiger partial charge on any atom is 0.191 e. The Morgan fingerprint density at radius 3 is 2.92 bits per heavy atom. The van der Waals surface area contributed by atoms with Crippen LogP contribution < -0.4 is 20.1 Å². The molecule has 0 atom stereocenters. The number of fused-ring (bicyclic) bond motifs is 1. The Kier molecular flexibility index (Phi) is 6.64. The SMILES string of the molecule is CN=C(NCCCOCC1CC1)NCc1cc(Cl)c2c(c1)OCCO2. The first-order valence-corrected chi connectivity index (χ1v) is 9.24. The zero-order valence-corrected chi connectivity index (χ0v) is 15.4. The zero-order chi connectivity index (χ0) is 17.5. The minimum atomic E-state index is 0.533. The summed E-state index contributed by atoms with van der Waals surface area (Å²) in [5.74, 6) is 2.91. The van der Waals surface area contributed by atoms with Gasteiger partial charge in [-0.2, -0.15) is 0 Å². The predicted molar refractivity (Wildman–Crippen MR) is 98.8 cm³/mol. The van der Waals surface area contributed by atoms with E-state index in [0.29, 0.717) is 36.3 Å². The second kappa shape index (κ2) is 9.15. The number of ether oxygens (including phenoxy) is 3. The second-order valence-electron chi connectivity index (χ2n) is 6.33. The fourth-order valence-corrected chi connectivity index (χ4v) is 2.88. The molecule has 0 unspecified atom stereocenters. The Bertz CT molecular complexity index is 605. The van der Waals surface area contributed by atoms with Crippen molar-refractivity contribution in [2.45, 2.75) is 25.8 Å². The average molecular weight is 368 g/mol. The van der Waals surface area contributed by atoms with E-state index < -0.39 is 0 Å². The minimum absolute atomic E-state index is 0.533. The summed E-state index contributed by atoms with van der Waals surface area (Å²) < 4.78 is 16.8. The third-order valence-electron chi connectivity index (χ3n) is 4.15. The molecular formula is C18H26ClN3O3. The number of hydrogen-bond acceptors (Lipinski definition) is 4. The normalized spacial score (nSPS) is 16.6. The zero-order valence-electron chi connectivity index (χ0n) is 14.6. The standard InChI is InChI=1S/C18H26ClN3O3/c1-20-18(21-5-2-6-23-12-13-3-4-13)22-11-14-9-15(19)17-16(10-14)24-7-8-25-17/h9-10,13H,2-8,11-12H2,1H3,(H2,20,21,22). The summed E-state index contributed by atoms with van der Waals surface area (Å²) in [5.41, 5.74) is 1.02. The van der Waals surface area contributed by atoms with Gasteiger partial charge in [0.15, 0.2) is 17.5 Å². The van der Waals surface area contributed by atoms with E-state index in [0.717, 1.165) is 43.6 Å². The van der Waals surface area contributed by atoms with Gasteiger partial charge < -0.3 is 24.8 Å². The maximum absolute atomic E-state index is 6.26. The lowest BCUT2D eigenvalue weighted by Gasteiger charge is -2.20. The lowest BCUT2D eigenvalue weighted by atomic mass is 10.2. The molecule has 0 bridgehead atoms. The highest BCUT2D eigenvalue weighted by molar-refractivity contribution is 6.32. The van der Waals surface area contributed by atoms with Crippen LogP contribution in [-0.4, -0.2) is 46.0 Å². The van der Waals surface area contributed by atoms with Crippen LogP contribution in [0.2, 0.25) is 5.02 Å². The maximum atomic E-state index is 6.26. The molecule has 25 heavy (non-hydrogen) atoms. The highest BCUT2D eigenvalue weighted by Gasteiger charge is 2.20. The molecule has 2 N–H and O–H groups in total. The van der Waals surface area contributed by atoms with Gasteiger partial charge in [-0.05, 0) is 42.9 Å². The Morgan fingerprint density at radius 1 is 1.28 bits per heavy atom. The topological polar surface area (TPSA) is 64.1 Å². The van der Waals surface area contributed by atoms with E-state index in [1.54, 1.807) is 7.05 Å². The average Bonchev–Trinajstić information content (AvgIpc) is 3.45. The van der Waals surface area contributed by atoms with Crippen molar-refractivity contribution in [3.05, 3.63) is 22.7 Å². The monoisotopic (exact) mass is 367 g/mol. The Hall–Kier alpha value is -1.66. The summed E-state index contributed by atoms with van der Waals surface area (Å²) >= 11 is 6.26. The van der Waals surface area contributed by atoms with E-state index in [9.17, 15) is 0 Å². The van der Waals surface area contributed by atoms with E-state index >= 15 is 0 Å². The molecule has 1 heterocycles. The van der Waals surface area contributed by atoms with E-state index in [1.807, 2.05) is 12.1 Å². The van der Waals surface area contributed by atoms with Gasteiger partial charge in [-0.25, -0.2) is 0 Å². The van der Waals surface area contributed by atoms with Gasteiger partial charge in [-0.15, -0.1) is 0 Å². The Balaban J connectivity index is 1.39. The smallest absolute Gasteiger partial charge is 0.191 e. The van der Waals surface area contributed by atoms with E-state index in [1.165, 1.54) is 12.8 Å². The van der Waals surface area contributed by atoms with Crippen molar-refractivity contribution >= 4 is 17.6 Å². The summed E-state index contributed by atoms with van der Waals surface area (Å²) in [7, 11) is 1.76. The molecule has 1 saturated carbocycles. The Labute approximate surface area is 153 Å². The van der Waals surface area contributed by atoms with Gasteiger partial charge in [0.25, 0.3) is 0 Å². The van der Waals surface area contributed by atoms with Crippen LogP contribution >= 0.6 is 11.6 Å². The molecule has 0 spiro atoms. The van der Waals surface area contributed by atoms with E-state index in [2.05, 4.69) is 15.6 Å². The third kappa shape index (κ3) is 5.68. The fraction of sp³-hybridized carbons (Fsp3) is 0.611. The van der Waals surface area contributed by atoms with Crippen LogP contribution in [0.15, 0.2) is 17.1 Å². The van der Waals surface area contributed by atoms with Gasteiger partial charge in [0.2, 0.25) is 0 Å². The molecule has 1 aliphatic heterocycles. The van der Waals surface area contributed by atoms with Gasteiger partial charge in [0.1, 0.15) is 13.2 Å². The Morgan fingerprint density at radius 2 is 2.12 bits per heavy atom. The summed E-state index contributed by atoms with van der Waals surface area (Å²) in [5, 5.41) is 7.15. The highest BCUT2D eigenvalue weighted by Crippen LogP contribution is 2.38. The van der Waals surface area contributed by atoms with Gasteiger partial charge in [-0.3, -0.25) is 4.99 Å². The first-order chi connectivity index (χ1) is 12.3. The molecule has 0 aromatic heterocycles. The van der Waals surface area contributed by atoms with Crippen LogP contribution in [0, 0.1) is 5.92 Å². The number of nitrogens with one attached hydrogen (secondary N) is 2. The van der Waals surface area contributed by atoms with Crippen molar-refractivity contribution in [3.63, 3.8) is 0 Å². The molecule has 7 heteroatoms. The number of hydrogen-bond donors (Lipinski definition) is 2. The predicted octanol–water partition coefficient (Wildman–Crippen LogP) is 2.59. The van der Waals surface area contributed by atoms with Gasteiger partial charge in [0.05, 0.1) is 5.02 Å². The number of rotatable bonds is 8. The van der Waals surface area contributed by atoms with Crippen LogP contribution in [0.1, 0.15) is 24.8 Å². The summed E-state index contributed by atoms with van der Waals surface area (Å²) in [6.07, 6.45) is 3.63. The lowest BCUT2D eigenvalue weighted by molar-refractivity contribution is 0.123. The molecule has 1 aliphatic carbocycles. The molecule has 0 saturated heterocycles. The largest absolute Gasteiger partial charge is 0.486 e. The minimum Gasteiger partial charge on any atom is -0.486 e. The second-order valence-corrected chi connectivity index (χ2v) is 6.73. The fourth-order valence-electron chi connectivity index (χ4n) is 2.59. The van der Waals surface area contributed by atoms with Gasteiger partial charge in [0, 0.05) is 33.4 Å². The van der Waals surface area contributed by atoms with Crippen LogP contribution in [-0.2, 0) is 11.3 Å². The summed E-state index contributed by atoms with van der Waals surface area (Å²) in [6, 6.07) is 3.84. The van der Waals surface area contributed by atoms with Crippen molar-refractivity contribution in [1.29, 1.82) is 0 Å². The number of aliphatic imine (C=N–C) groups is 1. The van der Waals surface area contributed by atoms with Gasteiger partial charge in [-0.1, -0.05) is 11.6 Å². The van der Waals surface area contributed by atoms with E-state index in [-0.39, 0.29) is 0 Å². The number of guanidine groups is 1. The quantitative estimate of drug-likeness (QED) is 0.420. The molecule has 0 radical (unpaired) electrons. The lowest BCUT2D eigenvalue weighted by Crippen LogP contribution is -2.37. The van der Waals surface area contributed by atoms with Crippen molar-refractivity contribution in [2.75, 3.05) is 40.0 Å². The van der Waals surface area contributed by atoms with Crippen LogP contribution in [0.4, 0.5) is 0 Å². The summed E-state index contributed by atoms with van der Waals surface area (Å²) in [6.45, 7) is 4.22. The van der Waals surface area contributed by atoms with Crippen molar-refractivity contribution < 1.29 is 14.2 Å². The molecule has 6 nitrogen and oxygen atoms in total. The first-order valence-electron chi connectivity index (χ1n) is 8.86. The third-order valence-corrected chi connectivity index (χ3v) is 4.43. The van der Waals surface area contributed by atoms with Crippen molar-refractivity contribution in [3.8, 4) is 11.5 Å². The molecule has 3 rings (SSSR count). The van der Waals surface area contributed by atoms with Crippen LogP contribution in [0.3, 0.4) is 0 Å². The molecule has 1 aromatic carbocycles. The molecule has 2 aliphatic rings.